The lowest BCUT2D eigenvalue weighted by Crippen LogP contribution is -2.52. The Kier molecular flexibility index (Phi) is 6.74. The first-order valence-electron chi connectivity index (χ1n) is 10.9. The summed E-state index contributed by atoms with van der Waals surface area (Å²) in [5, 5.41) is 0. The highest BCUT2D eigenvalue weighted by molar-refractivity contribution is 5.92. The molecule has 2 aromatic rings. The van der Waals surface area contributed by atoms with Crippen molar-refractivity contribution in [2.45, 2.75) is 26.2 Å². The fraction of sp³-hybridized carbons (Fsp3) is 0.522. The molecule has 2 amide bonds. The van der Waals surface area contributed by atoms with Crippen molar-refractivity contribution in [1.82, 2.24) is 14.8 Å². The summed E-state index contributed by atoms with van der Waals surface area (Å²) < 4.78 is 29.8. The van der Waals surface area contributed by atoms with Gasteiger partial charge in [-0.25, -0.2) is 9.37 Å². The second-order valence-electron chi connectivity index (χ2n) is 8.49. The monoisotopic (exact) mass is 445 g/mol. The minimum atomic E-state index is -0.559. The highest BCUT2D eigenvalue weighted by Gasteiger charge is 2.41. The predicted octanol–water partition coefficient (Wildman–Crippen LogP) is 2.67. The number of amides is 2. The van der Waals surface area contributed by atoms with Gasteiger partial charge in [-0.15, -0.1) is 0 Å². The zero-order chi connectivity index (χ0) is 22.6. The number of rotatable bonds is 6. The number of halogens is 1. The standard InChI is InChI=1S/C23H28FN3O5/c1-17-25-20(14-31-17)22(29)27-8-2-7-23(15-27,13-21(28)26-9-11-30-12-10-26)16-32-19-5-3-18(24)4-6-19/h3-6,14H,2,7-13,15-16H2,1H3. The van der Waals surface area contributed by atoms with E-state index in [9.17, 15) is 14.0 Å². The lowest BCUT2D eigenvalue weighted by molar-refractivity contribution is -0.139. The van der Waals surface area contributed by atoms with Gasteiger partial charge < -0.3 is 23.7 Å². The minimum Gasteiger partial charge on any atom is -0.493 e. The number of piperidine rings is 1. The van der Waals surface area contributed by atoms with E-state index in [1.165, 1.54) is 18.4 Å². The number of carbonyl (C=O) groups excluding carboxylic acids is 2. The van der Waals surface area contributed by atoms with E-state index >= 15 is 0 Å². The summed E-state index contributed by atoms with van der Waals surface area (Å²) in [4.78, 5) is 33.8. The third-order valence-electron chi connectivity index (χ3n) is 6.04. The summed E-state index contributed by atoms with van der Waals surface area (Å²) in [6.45, 7) is 5.07. The SMILES string of the molecule is Cc1nc(C(=O)N2CCCC(COc3ccc(F)cc3)(CC(=O)N3CCOCC3)C2)co1. The van der Waals surface area contributed by atoms with E-state index in [2.05, 4.69) is 4.98 Å². The Morgan fingerprint density at radius 3 is 2.59 bits per heavy atom. The lowest BCUT2D eigenvalue weighted by atomic mass is 9.77. The summed E-state index contributed by atoms with van der Waals surface area (Å²) >= 11 is 0. The van der Waals surface area contributed by atoms with Crippen LogP contribution in [-0.4, -0.2) is 72.6 Å². The molecule has 0 saturated carbocycles. The highest BCUT2D eigenvalue weighted by Crippen LogP contribution is 2.36. The summed E-state index contributed by atoms with van der Waals surface area (Å²) in [5.41, 5.74) is -0.298. The Labute approximate surface area is 186 Å². The molecule has 8 nitrogen and oxygen atoms in total. The minimum absolute atomic E-state index is 0.0302. The molecule has 0 radical (unpaired) electrons. The largest absolute Gasteiger partial charge is 0.493 e. The van der Waals surface area contributed by atoms with Crippen LogP contribution >= 0.6 is 0 Å². The molecule has 0 spiro atoms. The number of ether oxygens (including phenoxy) is 2. The topological polar surface area (TPSA) is 85.1 Å². The van der Waals surface area contributed by atoms with Crippen molar-refractivity contribution >= 4 is 11.8 Å². The summed E-state index contributed by atoms with van der Waals surface area (Å²) in [7, 11) is 0. The summed E-state index contributed by atoms with van der Waals surface area (Å²) in [5.74, 6) is 0.431. The number of oxazole rings is 1. The Balaban J connectivity index is 1.51. The molecule has 2 fully saturated rings. The maximum Gasteiger partial charge on any atom is 0.275 e. The van der Waals surface area contributed by atoms with Crippen LogP contribution in [0.5, 0.6) is 5.75 Å². The average molecular weight is 445 g/mol. The van der Waals surface area contributed by atoms with E-state index < -0.39 is 5.41 Å². The maximum absolute atomic E-state index is 13.3. The van der Waals surface area contributed by atoms with Crippen molar-refractivity contribution in [3.63, 3.8) is 0 Å². The molecule has 1 unspecified atom stereocenters. The van der Waals surface area contributed by atoms with Gasteiger partial charge in [0.1, 0.15) is 17.8 Å². The van der Waals surface area contributed by atoms with Gasteiger partial charge in [0.05, 0.1) is 19.8 Å². The normalized spacial score (nSPS) is 21.4. The molecular formula is C23H28FN3O5. The number of aryl methyl sites for hydroxylation is 1. The number of hydrogen-bond acceptors (Lipinski definition) is 6. The molecule has 4 rings (SSSR count). The molecular weight excluding hydrogens is 417 g/mol. The number of morpholine rings is 1. The van der Waals surface area contributed by atoms with Gasteiger partial charge in [0.15, 0.2) is 11.6 Å². The second-order valence-corrected chi connectivity index (χ2v) is 8.49. The van der Waals surface area contributed by atoms with Crippen LogP contribution in [0.3, 0.4) is 0 Å². The highest BCUT2D eigenvalue weighted by atomic mass is 19.1. The van der Waals surface area contributed by atoms with Gasteiger partial charge in [-0.2, -0.15) is 0 Å². The molecule has 1 aromatic carbocycles. The van der Waals surface area contributed by atoms with Crippen molar-refractivity contribution in [2.75, 3.05) is 46.0 Å². The Bertz CT molecular complexity index is 941. The van der Waals surface area contributed by atoms with Crippen LogP contribution in [0, 0.1) is 18.2 Å². The molecule has 1 atom stereocenters. The number of benzene rings is 1. The number of nitrogens with zero attached hydrogens (tertiary/aromatic N) is 3. The van der Waals surface area contributed by atoms with Gasteiger partial charge in [0.25, 0.3) is 5.91 Å². The van der Waals surface area contributed by atoms with Gasteiger partial charge in [-0.3, -0.25) is 9.59 Å². The number of aromatic nitrogens is 1. The molecule has 9 heteroatoms. The van der Waals surface area contributed by atoms with E-state index in [0.29, 0.717) is 51.0 Å². The van der Waals surface area contributed by atoms with Crippen LogP contribution in [-0.2, 0) is 9.53 Å². The molecule has 2 aliphatic heterocycles. The Morgan fingerprint density at radius 2 is 1.91 bits per heavy atom. The van der Waals surface area contributed by atoms with Crippen molar-refractivity contribution < 1.29 is 27.9 Å². The number of likely N-dealkylation sites (tertiary alicyclic amines) is 1. The van der Waals surface area contributed by atoms with Crippen molar-refractivity contribution in [1.29, 1.82) is 0 Å². The molecule has 0 bridgehead atoms. The third-order valence-corrected chi connectivity index (χ3v) is 6.04. The maximum atomic E-state index is 13.3. The van der Waals surface area contributed by atoms with E-state index in [4.69, 9.17) is 13.9 Å². The van der Waals surface area contributed by atoms with E-state index in [0.717, 1.165) is 12.8 Å². The predicted molar refractivity (Wildman–Crippen MR) is 113 cm³/mol. The van der Waals surface area contributed by atoms with Crippen molar-refractivity contribution in [3.05, 3.63) is 47.9 Å². The van der Waals surface area contributed by atoms with Gasteiger partial charge in [0.2, 0.25) is 5.91 Å². The zero-order valence-electron chi connectivity index (χ0n) is 18.2. The number of hydrogen-bond donors (Lipinski definition) is 0. The molecule has 0 N–H and O–H groups in total. The summed E-state index contributed by atoms with van der Waals surface area (Å²) in [6.07, 6.45) is 3.11. The fourth-order valence-electron chi connectivity index (χ4n) is 4.33. The van der Waals surface area contributed by atoms with Crippen LogP contribution in [0.1, 0.15) is 35.6 Å². The number of carbonyl (C=O) groups is 2. The third kappa shape index (κ3) is 5.27. The van der Waals surface area contributed by atoms with Gasteiger partial charge >= 0.3 is 0 Å². The van der Waals surface area contributed by atoms with Crippen LogP contribution in [0.25, 0.3) is 0 Å². The Morgan fingerprint density at radius 1 is 1.16 bits per heavy atom. The first-order valence-corrected chi connectivity index (χ1v) is 10.9. The fourth-order valence-corrected chi connectivity index (χ4v) is 4.33. The van der Waals surface area contributed by atoms with Gasteiger partial charge in [-0.05, 0) is 37.1 Å². The molecule has 3 heterocycles. The first kappa shape index (κ1) is 22.3. The van der Waals surface area contributed by atoms with Gasteiger partial charge in [0, 0.05) is 44.9 Å². The average Bonchev–Trinajstić information content (AvgIpc) is 3.25. The first-order chi connectivity index (χ1) is 15.4. The lowest BCUT2D eigenvalue weighted by Gasteiger charge is -2.43. The molecule has 2 saturated heterocycles. The quantitative estimate of drug-likeness (QED) is 0.680. The van der Waals surface area contributed by atoms with Crippen LogP contribution in [0.2, 0.25) is 0 Å². The molecule has 32 heavy (non-hydrogen) atoms. The molecule has 2 aliphatic rings. The van der Waals surface area contributed by atoms with Crippen molar-refractivity contribution in [3.8, 4) is 5.75 Å². The molecule has 172 valence electrons. The van der Waals surface area contributed by atoms with E-state index in [-0.39, 0.29) is 36.4 Å². The van der Waals surface area contributed by atoms with Crippen LogP contribution in [0.15, 0.2) is 34.9 Å². The summed E-state index contributed by atoms with van der Waals surface area (Å²) in [6, 6.07) is 5.81. The van der Waals surface area contributed by atoms with E-state index in [1.54, 1.807) is 24.0 Å². The molecule has 1 aromatic heterocycles. The second kappa shape index (κ2) is 9.68. The zero-order valence-corrected chi connectivity index (χ0v) is 18.2. The van der Waals surface area contributed by atoms with Crippen molar-refractivity contribution in [2.24, 2.45) is 5.41 Å². The smallest absolute Gasteiger partial charge is 0.275 e. The van der Waals surface area contributed by atoms with Crippen LogP contribution in [0.4, 0.5) is 4.39 Å². The Hall–Kier alpha value is -2.94. The molecule has 0 aliphatic carbocycles. The van der Waals surface area contributed by atoms with E-state index in [1.807, 2.05) is 4.90 Å². The van der Waals surface area contributed by atoms with Gasteiger partial charge in [-0.1, -0.05) is 0 Å². The van der Waals surface area contributed by atoms with Crippen LogP contribution < -0.4 is 4.74 Å².